The summed E-state index contributed by atoms with van der Waals surface area (Å²) in [6.07, 6.45) is 4.84. The summed E-state index contributed by atoms with van der Waals surface area (Å²) >= 11 is 5.86. The highest BCUT2D eigenvalue weighted by molar-refractivity contribution is 6.31. The van der Waals surface area contributed by atoms with Crippen LogP contribution in [0.15, 0.2) is 61.1 Å². The van der Waals surface area contributed by atoms with Crippen LogP contribution in [0.5, 0.6) is 0 Å². The Morgan fingerprint density at radius 2 is 1.31 bits per heavy atom. The first-order valence-corrected chi connectivity index (χ1v) is 10.2. The quantitative estimate of drug-likeness (QED) is 0.447. The summed E-state index contributed by atoms with van der Waals surface area (Å²) in [7, 11) is 0. The zero-order valence-corrected chi connectivity index (χ0v) is 18.9. The Balaban J connectivity index is 0.000000218. The first kappa shape index (κ1) is 24.7. The molecule has 5 heteroatoms. The average Bonchev–Trinajstić information content (AvgIpc) is 2.70. The highest BCUT2D eigenvalue weighted by Gasteiger charge is 2.03. The van der Waals surface area contributed by atoms with Crippen LogP contribution < -0.4 is 0 Å². The smallest absolute Gasteiger partial charge is 0.141 e. The Labute approximate surface area is 179 Å². The van der Waals surface area contributed by atoms with Crippen LogP contribution in [0.25, 0.3) is 0 Å². The molecule has 0 aliphatic carbocycles. The monoisotopic (exact) mass is 415 g/mol. The van der Waals surface area contributed by atoms with Gasteiger partial charge in [0.1, 0.15) is 5.82 Å². The van der Waals surface area contributed by atoms with Crippen LogP contribution >= 0.6 is 11.6 Å². The number of pyridine rings is 3. The first-order valence-electron chi connectivity index (χ1n) is 9.85. The van der Waals surface area contributed by atoms with Gasteiger partial charge in [0.15, 0.2) is 0 Å². The average molecular weight is 416 g/mol. The summed E-state index contributed by atoms with van der Waals surface area (Å²) in [5.74, 6) is 1.06. The minimum atomic E-state index is -0.274. The molecule has 0 atom stereocenters. The summed E-state index contributed by atoms with van der Waals surface area (Å²) in [5, 5.41) is 0.762. The second kappa shape index (κ2) is 13.0. The van der Waals surface area contributed by atoms with Crippen molar-refractivity contribution in [2.45, 2.75) is 59.3 Å². The zero-order valence-electron chi connectivity index (χ0n) is 18.1. The van der Waals surface area contributed by atoms with Gasteiger partial charge in [-0.25, -0.2) is 4.39 Å². The van der Waals surface area contributed by atoms with Gasteiger partial charge in [-0.1, -0.05) is 59.2 Å². The molecular formula is C24H31ClFN3. The lowest BCUT2D eigenvalue weighted by molar-refractivity contribution is 0.617. The third-order valence-corrected chi connectivity index (χ3v) is 4.27. The Morgan fingerprint density at radius 1 is 0.690 bits per heavy atom. The number of rotatable bonds is 3. The highest BCUT2D eigenvalue weighted by atomic mass is 35.5. The minimum absolute atomic E-state index is 0.274. The molecule has 3 rings (SSSR count). The lowest BCUT2D eigenvalue weighted by atomic mass is 10.1. The Morgan fingerprint density at radius 3 is 1.69 bits per heavy atom. The van der Waals surface area contributed by atoms with E-state index in [0.717, 1.165) is 22.1 Å². The summed E-state index contributed by atoms with van der Waals surface area (Å²) < 4.78 is 12.3. The van der Waals surface area contributed by atoms with Crippen molar-refractivity contribution in [3.8, 4) is 0 Å². The molecule has 3 nitrogen and oxygen atoms in total. The van der Waals surface area contributed by atoms with Gasteiger partial charge in [0.2, 0.25) is 0 Å². The summed E-state index contributed by atoms with van der Waals surface area (Å²) in [5.41, 5.74) is 3.07. The van der Waals surface area contributed by atoms with Crippen LogP contribution in [0, 0.1) is 5.82 Å². The van der Waals surface area contributed by atoms with E-state index in [2.05, 4.69) is 42.6 Å². The van der Waals surface area contributed by atoms with Crippen LogP contribution in [-0.2, 0) is 0 Å². The van der Waals surface area contributed by atoms with Gasteiger partial charge in [0.25, 0.3) is 0 Å². The largest absolute Gasteiger partial charge is 0.261 e. The van der Waals surface area contributed by atoms with E-state index >= 15 is 0 Å². The van der Waals surface area contributed by atoms with E-state index < -0.39 is 0 Å². The van der Waals surface area contributed by atoms with Gasteiger partial charge in [-0.05, 0) is 54.2 Å². The molecule has 156 valence electrons. The standard InChI is InChI=1S/C8H10ClN.C8H10FN.C8H11N/c1-6(2)8-7(9)4-3-5-10-8;1-6(2)8-4-3-7(9)5-10-8;1-7(2)8-5-3-4-6-9-8/h2*3-6H,1-2H3;3-7H,1-2H3. The molecule has 0 bridgehead atoms. The minimum Gasteiger partial charge on any atom is -0.261 e. The molecule has 0 spiro atoms. The predicted octanol–water partition coefficient (Wildman–Crippen LogP) is 7.41. The Kier molecular flexibility index (Phi) is 11.1. The highest BCUT2D eigenvalue weighted by Crippen LogP contribution is 2.20. The predicted molar refractivity (Wildman–Crippen MR) is 120 cm³/mol. The van der Waals surface area contributed by atoms with Gasteiger partial charge in [0.05, 0.1) is 16.9 Å². The van der Waals surface area contributed by atoms with E-state index in [1.54, 1.807) is 12.3 Å². The van der Waals surface area contributed by atoms with E-state index in [1.165, 1.54) is 12.3 Å². The van der Waals surface area contributed by atoms with Crippen molar-refractivity contribution in [3.63, 3.8) is 0 Å². The fraction of sp³-hybridized carbons (Fsp3) is 0.375. The fourth-order valence-corrected chi connectivity index (χ4v) is 2.61. The molecule has 3 heterocycles. The molecule has 3 aromatic heterocycles. The lowest BCUT2D eigenvalue weighted by Crippen LogP contribution is -1.91. The molecule has 0 aromatic carbocycles. The third kappa shape index (κ3) is 9.62. The van der Waals surface area contributed by atoms with E-state index in [-0.39, 0.29) is 5.82 Å². The van der Waals surface area contributed by atoms with Crippen molar-refractivity contribution in [2.24, 2.45) is 0 Å². The molecule has 0 N–H and O–H groups in total. The Hall–Kier alpha value is -2.33. The van der Waals surface area contributed by atoms with Crippen LogP contribution in [0.1, 0.15) is 76.4 Å². The van der Waals surface area contributed by atoms with E-state index in [9.17, 15) is 4.39 Å². The molecular weight excluding hydrogens is 385 g/mol. The van der Waals surface area contributed by atoms with E-state index in [0.29, 0.717) is 17.8 Å². The second-order valence-corrected chi connectivity index (χ2v) is 7.90. The van der Waals surface area contributed by atoms with Crippen molar-refractivity contribution >= 4 is 11.6 Å². The van der Waals surface area contributed by atoms with Gasteiger partial charge in [0, 0.05) is 23.8 Å². The first-order chi connectivity index (χ1) is 13.7. The van der Waals surface area contributed by atoms with Crippen molar-refractivity contribution in [1.82, 2.24) is 15.0 Å². The van der Waals surface area contributed by atoms with Gasteiger partial charge < -0.3 is 0 Å². The molecule has 0 unspecified atom stereocenters. The zero-order chi connectivity index (χ0) is 21.8. The molecule has 3 aromatic rings. The maximum absolute atomic E-state index is 12.3. The fourth-order valence-electron chi connectivity index (χ4n) is 2.27. The van der Waals surface area contributed by atoms with Gasteiger partial charge >= 0.3 is 0 Å². The SMILES string of the molecule is CC(C)c1ccc(F)cn1.CC(C)c1ccccn1.CC(C)c1ncccc1Cl. The molecule has 0 fully saturated rings. The summed E-state index contributed by atoms with van der Waals surface area (Å²) in [6, 6.07) is 12.8. The van der Waals surface area contributed by atoms with E-state index in [4.69, 9.17) is 11.6 Å². The number of halogens is 2. The van der Waals surface area contributed by atoms with Crippen molar-refractivity contribution < 1.29 is 4.39 Å². The van der Waals surface area contributed by atoms with Crippen molar-refractivity contribution in [3.05, 3.63) is 89.0 Å². The number of nitrogens with zero attached hydrogens (tertiary/aromatic N) is 3. The maximum Gasteiger partial charge on any atom is 0.141 e. The van der Waals surface area contributed by atoms with E-state index in [1.807, 2.05) is 50.4 Å². The van der Waals surface area contributed by atoms with Crippen LogP contribution in [0.2, 0.25) is 5.02 Å². The molecule has 29 heavy (non-hydrogen) atoms. The van der Waals surface area contributed by atoms with Gasteiger partial charge in [-0.15, -0.1) is 0 Å². The normalized spacial score (nSPS) is 10.3. The summed E-state index contributed by atoms with van der Waals surface area (Å²) in [6.45, 7) is 12.5. The molecule has 0 aliphatic heterocycles. The van der Waals surface area contributed by atoms with Gasteiger partial charge in [-0.2, -0.15) is 0 Å². The Bertz CT molecular complexity index is 819. The second-order valence-electron chi connectivity index (χ2n) is 7.49. The maximum atomic E-state index is 12.3. The number of aromatic nitrogens is 3. The van der Waals surface area contributed by atoms with Crippen molar-refractivity contribution in [2.75, 3.05) is 0 Å². The third-order valence-electron chi connectivity index (χ3n) is 3.95. The van der Waals surface area contributed by atoms with Gasteiger partial charge in [-0.3, -0.25) is 15.0 Å². The molecule has 0 aliphatic rings. The van der Waals surface area contributed by atoms with Crippen LogP contribution in [0.4, 0.5) is 4.39 Å². The topological polar surface area (TPSA) is 38.7 Å². The number of hydrogen-bond donors (Lipinski definition) is 0. The molecule has 0 amide bonds. The van der Waals surface area contributed by atoms with Crippen molar-refractivity contribution in [1.29, 1.82) is 0 Å². The molecule has 0 saturated carbocycles. The summed E-state index contributed by atoms with van der Waals surface area (Å²) in [4.78, 5) is 12.2. The van der Waals surface area contributed by atoms with Crippen LogP contribution in [-0.4, -0.2) is 15.0 Å². The molecule has 0 radical (unpaired) electrons. The molecule has 0 saturated heterocycles. The lowest BCUT2D eigenvalue weighted by Gasteiger charge is -2.04. The number of hydrogen-bond acceptors (Lipinski definition) is 3. The van der Waals surface area contributed by atoms with Crippen LogP contribution in [0.3, 0.4) is 0 Å².